The Morgan fingerprint density at radius 3 is 2.65 bits per heavy atom. The first-order chi connectivity index (χ1) is 8.10. The predicted molar refractivity (Wildman–Crippen MR) is 72.8 cm³/mol. The van der Waals surface area contributed by atoms with Crippen molar-refractivity contribution >= 4 is 0 Å². The Labute approximate surface area is 105 Å². The molecule has 2 N–H and O–H groups in total. The molecule has 0 amide bonds. The average molecular weight is 236 g/mol. The van der Waals surface area contributed by atoms with Gasteiger partial charge in [0.05, 0.1) is 7.11 Å². The highest BCUT2D eigenvalue weighted by molar-refractivity contribution is 5.33. The molecule has 0 saturated carbocycles. The molecule has 0 atom stereocenters. The smallest absolute Gasteiger partial charge is 0.119 e. The van der Waals surface area contributed by atoms with Crippen molar-refractivity contribution in [3.8, 4) is 5.75 Å². The van der Waals surface area contributed by atoms with Crippen LogP contribution < -0.4 is 15.4 Å². The monoisotopic (exact) mass is 236 g/mol. The highest BCUT2D eigenvalue weighted by Crippen LogP contribution is 2.25. The second-order valence-electron chi connectivity index (χ2n) is 4.90. The minimum absolute atomic E-state index is 0.113. The lowest BCUT2D eigenvalue weighted by atomic mass is 9.84. The zero-order chi connectivity index (χ0) is 12.7. The van der Waals surface area contributed by atoms with Crippen LogP contribution in [0.5, 0.6) is 5.75 Å². The second-order valence-corrected chi connectivity index (χ2v) is 4.90. The van der Waals surface area contributed by atoms with E-state index in [0.29, 0.717) is 0 Å². The number of rotatable bonds is 7. The lowest BCUT2D eigenvalue weighted by Crippen LogP contribution is -2.36. The standard InChI is InChI=1S/C14H24N2O/c1-14(2,11-16-9-8-15-3)12-6-5-7-13(10-12)17-4/h5-7,10,15-16H,8-9,11H2,1-4H3. The van der Waals surface area contributed by atoms with Gasteiger partial charge in [-0.1, -0.05) is 26.0 Å². The van der Waals surface area contributed by atoms with E-state index in [-0.39, 0.29) is 5.41 Å². The molecule has 0 unspecified atom stereocenters. The van der Waals surface area contributed by atoms with Gasteiger partial charge in [0.25, 0.3) is 0 Å². The maximum Gasteiger partial charge on any atom is 0.119 e. The van der Waals surface area contributed by atoms with Crippen molar-refractivity contribution in [1.29, 1.82) is 0 Å². The summed E-state index contributed by atoms with van der Waals surface area (Å²) in [5.41, 5.74) is 1.41. The molecule has 0 aliphatic carbocycles. The zero-order valence-electron chi connectivity index (χ0n) is 11.3. The van der Waals surface area contributed by atoms with Gasteiger partial charge < -0.3 is 15.4 Å². The van der Waals surface area contributed by atoms with Crippen LogP contribution in [0.1, 0.15) is 19.4 Å². The first-order valence-corrected chi connectivity index (χ1v) is 6.10. The summed E-state index contributed by atoms with van der Waals surface area (Å²) in [5, 5.41) is 6.59. The van der Waals surface area contributed by atoms with Crippen molar-refractivity contribution in [2.75, 3.05) is 33.8 Å². The van der Waals surface area contributed by atoms with Crippen LogP contribution in [-0.2, 0) is 5.41 Å². The highest BCUT2D eigenvalue weighted by Gasteiger charge is 2.20. The van der Waals surface area contributed by atoms with E-state index in [1.165, 1.54) is 5.56 Å². The molecule has 0 fully saturated rings. The Morgan fingerprint density at radius 2 is 2.00 bits per heavy atom. The van der Waals surface area contributed by atoms with Gasteiger partial charge in [0, 0.05) is 25.0 Å². The SMILES string of the molecule is CNCCNCC(C)(C)c1cccc(OC)c1. The maximum absolute atomic E-state index is 5.26. The third kappa shape index (κ3) is 4.36. The van der Waals surface area contributed by atoms with Crippen molar-refractivity contribution in [1.82, 2.24) is 10.6 Å². The Bertz CT molecular complexity index is 337. The van der Waals surface area contributed by atoms with Crippen LogP contribution >= 0.6 is 0 Å². The van der Waals surface area contributed by atoms with Crippen molar-refractivity contribution in [3.63, 3.8) is 0 Å². The van der Waals surface area contributed by atoms with Gasteiger partial charge in [0.15, 0.2) is 0 Å². The number of ether oxygens (including phenoxy) is 1. The zero-order valence-corrected chi connectivity index (χ0v) is 11.3. The van der Waals surface area contributed by atoms with Crippen LogP contribution in [0.25, 0.3) is 0 Å². The van der Waals surface area contributed by atoms with E-state index in [9.17, 15) is 0 Å². The van der Waals surface area contributed by atoms with E-state index in [2.05, 4.69) is 36.6 Å². The number of methoxy groups -OCH3 is 1. The topological polar surface area (TPSA) is 33.3 Å². The Kier molecular flexibility index (Phi) is 5.45. The van der Waals surface area contributed by atoms with Gasteiger partial charge in [0.1, 0.15) is 5.75 Å². The summed E-state index contributed by atoms with van der Waals surface area (Å²) in [4.78, 5) is 0. The molecule has 0 heterocycles. The van der Waals surface area contributed by atoms with E-state index in [1.54, 1.807) is 7.11 Å². The molecule has 96 valence electrons. The minimum atomic E-state index is 0.113. The molecule has 0 aliphatic heterocycles. The molecule has 1 aromatic rings. The van der Waals surface area contributed by atoms with E-state index in [4.69, 9.17) is 4.74 Å². The molecule has 0 spiro atoms. The third-order valence-corrected chi connectivity index (χ3v) is 2.97. The molecule has 3 heteroatoms. The number of hydrogen-bond donors (Lipinski definition) is 2. The van der Waals surface area contributed by atoms with E-state index < -0.39 is 0 Å². The van der Waals surface area contributed by atoms with E-state index in [0.717, 1.165) is 25.4 Å². The van der Waals surface area contributed by atoms with Gasteiger partial charge in [0.2, 0.25) is 0 Å². The highest BCUT2D eigenvalue weighted by atomic mass is 16.5. The molecular weight excluding hydrogens is 212 g/mol. The van der Waals surface area contributed by atoms with Gasteiger partial charge in [-0.3, -0.25) is 0 Å². The largest absolute Gasteiger partial charge is 0.497 e. The molecule has 0 aliphatic rings. The fourth-order valence-corrected chi connectivity index (χ4v) is 1.76. The summed E-state index contributed by atoms with van der Waals surface area (Å²) >= 11 is 0. The summed E-state index contributed by atoms with van der Waals surface area (Å²) in [7, 11) is 3.67. The quantitative estimate of drug-likeness (QED) is 0.708. The second kappa shape index (κ2) is 6.62. The Morgan fingerprint density at radius 1 is 1.24 bits per heavy atom. The molecular formula is C14H24N2O. The van der Waals surface area contributed by atoms with Crippen LogP contribution in [0, 0.1) is 0 Å². The van der Waals surface area contributed by atoms with E-state index >= 15 is 0 Å². The average Bonchev–Trinajstić information content (AvgIpc) is 2.35. The van der Waals surface area contributed by atoms with Gasteiger partial charge in [-0.2, -0.15) is 0 Å². The van der Waals surface area contributed by atoms with Gasteiger partial charge >= 0.3 is 0 Å². The van der Waals surface area contributed by atoms with Crippen molar-refractivity contribution < 1.29 is 4.74 Å². The predicted octanol–water partition coefficient (Wildman–Crippen LogP) is 1.78. The fraction of sp³-hybridized carbons (Fsp3) is 0.571. The Balaban J connectivity index is 2.61. The number of likely N-dealkylation sites (N-methyl/N-ethyl adjacent to an activating group) is 1. The summed E-state index contributed by atoms with van der Waals surface area (Å²) in [6.07, 6.45) is 0. The lowest BCUT2D eigenvalue weighted by molar-refractivity contribution is 0.410. The van der Waals surface area contributed by atoms with E-state index in [1.807, 2.05) is 19.2 Å². The normalized spacial score (nSPS) is 11.5. The van der Waals surface area contributed by atoms with Gasteiger partial charge in [-0.05, 0) is 24.7 Å². The first-order valence-electron chi connectivity index (χ1n) is 6.10. The molecule has 1 rings (SSSR count). The summed E-state index contributed by atoms with van der Waals surface area (Å²) in [5.74, 6) is 0.922. The summed E-state index contributed by atoms with van der Waals surface area (Å²) in [6, 6.07) is 8.29. The molecule has 0 saturated heterocycles. The Hall–Kier alpha value is -1.06. The lowest BCUT2D eigenvalue weighted by Gasteiger charge is -2.26. The van der Waals surface area contributed by atoms with Crippen LogP contribution in [0.15, 0.2) is 24.3 Å². The minimum Gasteiger partial charge on any atom is -0.497 e. The summed E-state index contributed by atoms with van der Waals surface area (Å²) < 4.78 is 5.26. The third-order valence-electron chi connectivity index (χ3n) is 2.97. The van der Waals surface area contributed by atoms with Crippen LogP contribution in [0.4, 0.5) is 0 Å². The number of hydrogen-bond acceptors (Lipinski definition) is 3. The van der Waals surface area contributed by atoms with Crippen molar-refractivity contribution in [2.24, 2.45) is 0 Å². The van der Waals surface area contributed by atoms with Crippen molar-refractivity contribution in [2.45, 2.75) is 19.3 Å². The van der Waals surface area contributed by atoms with Crippen LogP contribution in [0.3, 0.4) is 0 Å². The summed E-state index contributed by atoms with van der Waals surface area (Å²) in [6.45, 7) is 7.43. The molecule has 1 aromatic carbocycles. The number of nitrogens with one attached hydrogen (secondary N) is 2. The van der Waals surface area contributed by atoms with Crippen LogP contribution in [0.2, 0.25) is 0 Å². The first kappa shape index (κ1) is 14.0. The van der Waals surface area contributed by atoms with Crippen molar-refractivity contribution in [3.05, 3.63) is 29.8 Å². The molecule has 0 bridgehead atoms. The molecule has 0 aromatic heterocycles. The molecule has 17 heavy (non-hydrogen) atoms. The van der Waals surface area contributed by atoms with Crippen LogP contribution in [-0.4, -0.2) is 33.8 Å². The maximum atomic E-state index is 5.26. The molecule has 3 nitrogen and oxygen atoms in total. The number of benzene rings is 1. The van der Waals surface area contributed by atoms with Gasteiger partial charge in [-0.15, -0.1) is 0 Å². The molecule has 0 radical (unpaired) electrons. The van der Waals surface area contributed by atoms with Gasteiger partial charge in [-0.25, -0.2) is 0 Å². The fourth-order valence-electron chi connectivity index (χ4n) is 1.76.